The smallest absolute Gasteiger partial charge is 0.270 e. The molecule has 1 N–H and O–H groups in total. The zero-order chi connectivity index (χ0) is 13.0. The van der Waals surface area contributed by atoms with Gasteiger partial charge in [-0.2, -0.15) is 0 Å². The average Bonchev–Trinajstić information content (AvgIpc) is 2.39. The van der Waals surface area contributed by atoms with Gasteiger partial charge in [0.1, 0.15) is 5.69 Å². The normalized spacial score (nSPS) is 27.8. The number of carbonyl (C=O) groups excluding carboxylic acids is 1. The summed E-state index contributed by atoms with van der Waals surface area (Å²) in [7, 11) is 0. The van der Waals surface area contributed by atoms with Crippen molar-refractivity contribution in [2.75, 3.05) is 5.88 Å². The molecule has 2 rings (SSSR count). The van der Waals surface area contributed by atoms with E-state index in [1.165, 1.54) is 6.42 Å². The molecule has 1 aromatic rings. The molecule has 1 aromatic heterocycles. The maximum absolute atomic E-state index is 12.2. The molecule has 98 valence electrons. The lowest BCUT2D eigenvalue weighted by Gasteiger charge is -2.39. The molecular weight excluding hydrogens is 248 g/mol. The van der Waals surface area contributed by atoms with Crippen LogP contribution in [-0.2, 0) is 0 Å². The second-order valence-corrected chi connectivity index (χ2v) is 5.55. The summed E-state index contributed by atoms with van der Waals surface area (Å²) in [6, 6.07) is 5.35. The van der Waals surface area contributed by atoms with Gasteiger partial charge in [-0.25, -0.2) is 0 Å². The Kier molecular flexibility index (Phi) is 4.23. The molecule has 1 fully saturated rings. The first-order chi connectivity index (χ1) is 8.65. The molecule has 1 aliphatic rings. The molecule has 0 aliphatic heterocycles. The van der Waals surface area contributed by atoms with Crippen molar-refractivity contribution in [2.24, 2.45) is 5.92 Å². The zero-order valence-electron chi connectivity index (χ0n) is 10.7. The molecule has 0 saturated heterocycles. The second kappa shape index (κ2) is 5.70. The molecule has 1 heterocycles. The van der Waals surface area contributed by atoms with Gasteiger partial charge in [0.05, 0.1) is 5.54 Å². The van der Waals surface area contributed by atoms with Gasteiger partial charge in [-0.05, 0) is 30.9 Å². The van der Waals surface area contributed by atoms with E-state index < -0.39 is 0 Å². The summed E-state index contributed by atoms with van der Waals surface area (Å²) in [6.45, 7) is 2.22. The number of nitrogens with zero attached hydrogens (tertiary/aromatic N) is 1. The quantitative estimate of drug-likeness (QED) is 0.855. The Morgan fingerprint density at radius 1 is 1.61 bits per heavy atom. The van der Waals surface area contributed by atoms with Crippen molar-refractivity contribution in [1.82, 2.24) is 10.3 Å². The van der Waals surface area contributed by atoms with Crippen LogP contribution < -0.4 is 5.32 Å². The van der Waals surface area contributed by atoms with E-state index in [4.69, 9.17) is 11.6 Å². The Bertz CT molecular complexity index is 410. The number of nitrogens with one attached hydrogen (secondary N) is 1. The van der Waals surface area contributed by atoms with Crippen LogP contribution >= 0.6 is 11.6 Å². The minimum Gasteiger partial charge on any atom is -0.344 e. The number of hydrogen-bond donors (Lipinski definition) is 1. The van der Waals surface area contributed by atoms with Crippen molar-refractivity contribution in [3.05, 3.63) is 30.1 Å². The first-order valence-corrected chi connectivity index (χ1v) is 6.98. The van der Waals surface area contributed by atoms with Crippen molar-refractivity contribution in [1.29, 1.82) is 0 Å². The number of hydrogen-bond acceptors (Lipinski definition) is 2. The van der Waals surface area contributed by atoms with Gasteiger partial charge in [0, 0.05) is 12.1 Å². The first-order valence-electron chi connectivity index (χ1n) is 6.45. The minimum absolute atomic E-state index is 0.120. The molecule has 1 saturated carbocycles. The van der Waals surface area contributed by atoms with E-state index >= 15 is 0 Å². The molecule has 3 nitrogen and oxygen atoms in total. The van der Waals surface area contributed by atoms with E-state index in [2.05, 4.69) is 17.2 Å². The maximum Gasteiger partial charge on any atom is 0.270 e. The van der Waals surface area contributed by atoms with Crippen LogP contribution in [0.3, 0.4) is 0 Å². The maximum atomic E-state index is 12.2. The van der Waals surface area contributed by atoms with Crippen LogP contribution in [0.15, 0.2) is 24.4 Å². The van der Waals surface area contributed by atoms with E-state index in [9.17, 15) is 4.79 Å². The van der Waals surface area contributed by atoms with Gasteiger partial charge in [-0.1, -0.05) is 25.8 Å². The van der Waals surface area contributed by atoms with Crippen molar-refractivity contribution in [3.8, 4) is 0 Å². The molecule has 0 spiro atoms. The minimum atomic E-state index is -0.256. The third-order valence-corrected chi connectivity index (χ3v) is 4.14. The van der Waals surface area contributed by atoms with Crippen molar-refractivity contribution < 1.29 is 4.79 Å². The average molecular weight is 267 g/mol. The van der Waals surface area contributed by atoms with E-state index in [1.807, 2.05) is 6.07 Å². The zero-order valence-corrected chi connectivity index (χ0v) is 11.4. The highest BCUT2D eigenvalue weighted by molar-refractivity contribution is 6.19. The van der Waals surface area contributed by atoms with Crippen LogP contribution in [0.5, 0.6) is 0 Å². The third-order valence-electron chi connectivity index (χ3n) is 3.62. The SMILES string of the molecule is CC1CCCC(CCl)(NC(=O)c2ccccn2)C1. The van der Waals surface area contributed by atoms with Crippen molar-refractivity contribution >= 4 is 17.5 Å². The van der Waals surface area contributed by atoms with E-state index in [0.29, 0.717) is 17.5 Å². The second-order valence-electron chi connectivity index (χ2n) is 5.28. The highest BCUT2D eigenvalue weighted by Gasteiger charge is 2.35. The molecule has 2 atom stereocenters. The van der Waals surface area contributed by atoms with Gasteiger partial charge in [-0.15, -0.1) is 11.6 Å². The number of carbonyl (C=O) groups is 1. The lowest BCUT2D eigenvalue weighted by Crippen LogP contribution is -2.52. The van der Waals surface area contributed by atoms with Gasteiger partial charge >= 0.3 is 0 Å². The fourth-order valence-corrected chi connectivity index (χ4v) is 3.04. The number of aromatic nitrogens is 1. The molecule has 1 aliphatic carbocycles. The number of alkyl halides is 1. The topological polar surface area (TPSA) is 42.0 Å². The molecule has 0 radical (unpaired) electrons. The third kappa shape index (κ3) is 3.02. The number of rotatable bonds is 3. The fraction of sp³-hybridized carbons (Fsp3) is 0.571. The van der Waals surface area contributed by atoms with Crippen molar-refractivity contribution in [3.63, 3.8) is 0 Å². The lowest BCUT2D eigenvalue weighted by atomic mass is 9.77. The molecule has 0 bridgehead atoms. The summed E-state index contributed by atoms with van der Waals surface area (Å²) in [5.41, 5.74) is 0.202. The molecule has 4 heteroatoms. The molecule has 2 unspecified atom stereocenters. The Balaban J connectivity index is 2.08. The summed E-state index contributed by atoms with van der Waals surface area (Å²) in [5, 5.41) is 3.10. The Hall–Kier alpha value is -1.09. The highest BCUT2D eigenvalue weighted by atomic mass is 35.5. The summed E-state index contributed by atoms with van der Waals surface area (Å²) in [4.78, 5) is 16.2. The Morgan fingerprint density at radius 3 is 3.06 bits per heavy atom. The van der Waals surface area contributed by atoms with Gasteiger partial charge in [0.25, 0.3) is 5.91 Å². The summed E-state index contributed by atoms with van der Waals surface area (Å²) in [6.07, 6.45) is 5.88. The van der Waals surface area contributed by atoms with Gasteiger partial charge in [0.15, 0.2) is 0 Å². The standard InChI is InChI=1S/C14H19ClN2O/c1-11-5-4-7-14(9-11,10-15)17-13(18)12-6-2-3-8-16-12/h2-3,6,8,11H,4-5,7,9-10H2,1H3,(H,17,18). The predicted octanol–water partition coefficient (Wildman–Crippen LogP) is 3.00. The van der Waals surface area contributed by atoms with E-state index in [1.54, 1.807) is 18.3 Å². The Morgan fingerprint density at radius 2 is 2.44 bits per heavy atom. The largest absolute Gasteiger partial charge is 0.344 e. The predicted molar refractivity (Wildman–Crippen MR) is 72.8 cm³/mol. The Labute approximate surface area is 113 Å². The summed E-state index contributed by atoms with van der Waals surface area (Å²) in [5.74, 6) is 0.961. The number of amides is 1. The molecule has 1 amide bonds. The van der Waals surface area contributed by atoms with E-state index in [0.717, 1.165) is 19.3 Å². The van der Waals surface area contributed by atoms with Crippen LogP contribution in [0.4, 0.5) is 0 Å². The summed E-state index contributed by atoms with van der Waals surface area (Å²) >= 11 is 6.10. The van der Waals surface area contributed by atoms with Crippen LogP contribution in [-0.4, -0.2) is 22.3 Å². The van der Waals surface area contributed by atoms with Crippen LogP contribution in [0.2, 0.25) is 0 Å². The van der Waals surface area contributed by atoms with Crippen LogP contribution in [0.25, 0.3) is 0 Å². The summed E-state index contributed by atoms with van der Waals surface area (Å²) < 4.78 is 0. The van der Waals surface area contributed by atoms with Gasteiger partial charge in [-0.3, -0.25) is 9.78 Å². The monoisotopic (exact) mass is 266 g/mol. The number of pyridine rings is 1. The van der Waals surface area contributed by atoms with Gasteiger partial charge in [0.2, 0.25) is 0 Å². The highest BCUT2D eigenvalue weighted by Crippen LogP contribution is 2.33. The van der Waals surface area contributed by atoms with Gasteiger partial charge < -0.3 is 5.32 Å². The van der Waals surface area contributed by atoms with E-state index in [-0.39, 0.29) is 11.4 Å². The van der Waals surface area contributed by atoms with Crippen LogP contribution in [0, 0.1) is 5.92 Å². The van der Waals surface area contributed by atoms with Crippen molar-refractivity contribution in [2.45, 2.75) is 38.1 Å². The van der Waals surface area contributed by atoms with Crippen LogP contribution in [0.1, 0.15) is 43.1 Å². The molecular formula is C14H19ClN2O. The molecule has 18 heavy (non-hydrogen) atoms. The fourth-order valence-electron chi connectivity index (χ4n) is 2.73. The lowest BCUT2D eigenvalue weighted by molar-refractivity contribution is 0.0862. The number of halogens is 1. The molecule has 0 aromatic carbocycles. The first kappa shape index (κ1) is 13.3.